The van der Waals surface area contributed by atoms with E-state index in [2.05, 4.69) is 0 Å². The van der Waals surface area contributed by atoms with E-state index in [0.717, 1.165) is 0 Å². The van der Waals surface area contributed by atoms with Gasteiger partial charge in [0.15, 0.2) is 5.60 Å². The molecule has 0 aliphatic heterocycles. The van der Waals surface area contributed by atoms with Crippen LogP contribution in [-0.2, 0) is 10.4 Å². The minimum atomic E-state index is -4.55. The molecule has 1 atom stereocenters. The number of carboxylic acid groups (broad SMARTS) is 1. The lowest BCUT2D eigenvalue weighted by atomic mass is 9.73. The molecule has 0 spiro atoms. The Morgan fingerprint density at radius 2 is 1.94 bits per heavy atom. The van der Waals surface area contributed by atoms with Crippen molar-refractivity contribution in [3.8, 4) is 0 Å². The number of hydrogen-bond acceptors (Lipinski definition) is 2. The van der Waals surface area contributed by atoms with Crippen LogP contribution in [0.4, 0.5) is 0 Å². The number of hydrogen-bond donors (Lipinski definition) is 2. The maximum atomic E-state index is 12.3. The summed E-state index contributed by atoms with van der Waals surface area (Å²) >= 11 is 0. The molecule has 0 saturated heterocycles. The van der Waals surface area contributed by atoms with Crippen LogP contribution >= 0.6 is 0 Å². The molecule has 92 valence electrons. The molecule has 0 radical (unpaired) electrons. The van der Waals surface area contributed by atoms with Crippen LogP contribution in [0.2, 0.25) is 0 Å². The number of benzene rings is 1. The molecule has 1 fully saturated rings. The highest BCUT2D eigenvalue weighted by atomic mass is 16.4. The molecule has 0 heterocycles. The van der Waals surface area contributed by atoms with E-state index in [1.54, 1.807) is 0 Å². The van der Waals surface area contributed by atoms with Gasteiger partial charge in [-0.15, -0.1) is 0 Å². The van der Waals surface area contributed by atoms with Crippen molar-refractivity contribution in [3.05, 3.63) is 35.8 Å². The first-order chi connectivity index (χ1) is 14.4. The first kappa shape index (κ1) is 3.15. The lowest BCUT2D eigenvalue weighted by Crippen LogP contribution is -2.43. The van der Waals surface area contributed by atoms with Gasteiger partial charge in [-0.05, 0) is 18.3 Å². The monoisotopic (exact) mass is 250 g/mol. The molecular formula is C14H18O3. The molecule has 3 heteroatoms. The Hall–Kier alpha value is -1.35. The third-order valence-electron chi connectivity index (χ3n) is 2.03. The third-order valence-corrected chi connectivity index (χ3v) is 2.03. The summed E-state index contributed by atoms with van der Waals surface area (Å²) in [7, 11) is 0. The zero-order valence-electron chi connectivity index (χ0n) is 24.3. The second-order valence-corrected chi connectivity index (χ2v) is 3.02. The fourth-order valence-corrected chi connectivity index (χ4v) is 1.20. The summed E-state index contributed by atoms with van der Waals surface area (Å²) in [6, 6.07) is -6.57. The van der Waals surface area contributed by atoms with Crippen LogP contribution in [0.3, 0.4) is 0 Å². The zero-order valence-corrected chi connectivity index (χ0v) is 8.30. The summed E-state index contributed by atoms with van der Waals surface area (Å²) in [5.74, 6) is -7.30. The van der Waals surface area contributed by atoms with Gasteiger partial charge in [-0.2, -0.15) is 0 Å². The smallest absolute Gasteiger partial charge is 0.340 e. The maximum Gasteiger partial charge on any atom is 0.340 e. The van der Waals surface area contributed by atoms with Crippen LogP contribution in [-0.4, -0.2) is 16.2 Å². The van der Waals surface area contributed by atoms with Gasteiger partial charge in [-0.1, -0.05) is 49.3 Å². The molecule has 3 nitrogen and oxygen atoms in total. The largest absolute Gasteiger partial charge is 0.479 e. The Morgan fingerprint density at radius 3 is 2.47 bits per heavy atom. The maximum absolute atomic E-state index is 12.3. The Balaban J connectivity index is 3.25. The summed E-state index contributed by atoms with van der Waals surface area (Å²) in [5.41, 5.74) is -6.22. The fourth-order valence-electron chi connectivity index (χ4n) is 1.20. The van der Waals surface area contributed by atoms with Crippen LogP contribution in [0.15, 0.2) is 30.2 Å². The van der Waals surface area contributed by atoms with Crippen LogP contribution in [0.1, 0.15) is 59.4 Å². The molecule has 1 aliphatic rings. The highest BCUT2D eigenvalue weighted by molar-refractivity contribution is 5.79. The van der Waals surface area contributed by atoms with Crippen molar-refractivity contribution in [2.24, 2.45) is 5.89 Å². The van der Waals surface area contributed by atoms with Crippen molar-refractivity contribution >= 4 is 5.97 Å². The second-order valence-electron chi connectivity index (χ2n) is 3.02. The van der Waals surface area contributed by atoms with E-state index < -0.39 is 85.1 Å². The molecule has 0 unspecified atom stereocenters. The number of aliphatic hydroxyl groups is 1. The fraction of sp³-hybridized carbons (Fsp3) is 0.500. The van der Waals surface area contributed by atoms with Crippen molar-refractivity contribution in [1.29, 1.82) is 0 Å². The first-order valence-electron chi connectivity index (χ1n) is 12.4. The van der Waals surface area contributed by atoms with E-state index in [1.165, 1.54) is 0 Å². The zero-order chi connectivity index (χ0) is 26.5. The number of carbonyl (C=O) groups is 1. The van der Waals surface area contributed by atoms with Gasteiger partial charge in [0.25, 0.3) is 0 Å². The highest BCUT2D eigenvalue weighted by Crippen LogP contribution is 2.39. The average Bonchev–Trinajstić information content (AvgIpc) is 2.68. The van der Waals surface area contributed by atoms with Gasteiger partial charge in [-0.25, -0.2) is 4.79 Å². The molecule has 2 N–H and O–H groups in total. The summed E-state index contributed by atoms with van der Waals surface area (Å²) in [5, 5.41) is 21.1. The van der Waals surface area contributed by atoms with Crippen LogP contribution in [0, 0.1) is 5.89 Å². The number of carboxylic acids is 1. The van der Waals surface area contributed by atoms with E-state index in [-0.39, 0.29) is 0 Å². The molecule has 1 aromatic rings. The van der Waals surface area contributed by atoms with Gasteiger partial charge in [0.2, 0.25) is 0 Å². The third kappa shape index (κ3) is 2.20. The SMILES string of the molecule is [2H]c1c([2H])c([2H])c([C@](O)(C(=O)O)C2([2H])C([2H])([2H])C([2H])([2H])C([2H])([2H])C([2H])([2H])C2([2H])[2H])c([2H])c1[2H]. The molecule has 1 aromatic carbocycles. The predicted molar refractivity (Wildman–Crippen MR) is 64.5 cm³/mol. The van der Waals surface area contributed by atoms with Crippen LogP contribution < -0.4 is 0 Å². The minimum Gasteiger partial charge on any atom is -0.479 e. The van der Waals surface area contributed by atoms with Crippen molar-refractivity contribution in [2.45, 2.75) is 37.5 Å². The Kier molecular flexibility index (Phi) is 0.905. The summed E-state index contributed by atoms with van der Waals surface area (Å²) in [6.07, 6.45) is -21.1. The molecule has 1 saturated carbocycles. The predicted octanol–water partition coefficient (Wildman–Crippen LogP) is 2.54. The molecule has 0 aromatic heterocycles. The molecule has 0 bridgehead atoms. The Bertz CT molecular complexity index is 975. The van der Waals surface area contributed by atoms with Crippen molar-refractivity contribution in [2.75, 3.05) is 0 Å². The number of aliphatic carboxylic acids is 1. The Labute approximate surface area is 124 Å². The molecule has 1 aliphatic carbocycles. The molecular weight excluding hydrogens is 216 g/mol. The van der Waals surface area contributed by atoms with Gasteiger partial charge in [0.1, 0.15) is 0 Å². The van der Waals surface area contributed by atoms with E-state index in [0.29, 0.717) is 0 Å². The average molecular weight is 250 g/mol. The molecule has 2 rings (SSSR count). The summed E-state index contributed by atoms with van der Waals surface area (Å²) in [6.45, 7) is 0. The van der Waals surface area contributed by atoms with E-state index in [4.69, 9.17) is 21.9 Å². The van der Waals surface area contributed by atoms with Gasteiger partial charge in [0, 0.05) is 21.0 Å². The van der Waals surface area contributed by atoms with Crippen LogP contribution in [0.5, 0.6) is 0 Å². The van der Waals surface area contributed by atoms with Crippen LogP contribution in [0.25, 0.3) is 0 Å². The normalized spacial score (nSPS) is 51.1. The lowest BCUT2D eigenvalue weighted by Gasteiger charge is -2.35. The first-order valence-corrected chi connectivity index (χ1v) is 4.40. The highest BCUT2D eigenvalue weighted by Gasteiger charge is 2.45. The molecule has 0 amide bonds. The van der Waals surface area contributed by atoms with Crippen molar-refractivity contribution in [3.63, 3.8) is 0 Å². The molecule has 17 heavy (non-hydrogen) atoms. The topological polar surface area (TPSA) is 57.5 Å². The van der Waals surface area contributed by atoms with Gasteiger partial charge in [0.05, 0.1) is 6.85 Å². The lowest BCUT2D eigenvalue weighted by molar-refractivity contribution is -0.168. The summed E-state index contributed by atoms with van der Waals surface area (Å²) in [4.78, 5) is 12.3. The van der Waals surface area contributed by atoms with E-state index in [9.17, 15) is 15.0 Å². The second kappa shape index (κ2) is 4.88. The minimum absolute atomic E-state index is 1.09. The van der Waals surface area contributed by atoms with Gasteiger partial charge in [-0.3, -0.25) is 0 Å². The standard InChI is InChI=1S/C14H18O3/c15-13(16)14(17,11-7-3-1-4-8-11)12-9-5-2-6-10-12/h1,3-4,7-8,12,17H,2,5-6,9-10H2,(H,15,16)/t14-/m1/s1/i1D,2D2,3D,4D,5D2,6D2,7D,8D,9D2,10D2,12D. The summed E-state index contributed by atoms with van der Waals surface area (Å²) < 4.78 is 127. The Morgan fingerprint density at radius 1 is 1.35 bits per heavy atom. The van der Waals surface area contributed by atoms with E-state index >= 15 is 0 Å². The van der Waals surface area contributed by atoms with Crippen molar-refractivity contribution in [1.82, 2.24) is 0 Å². The quantitative estimate of drug-likeness (QED) is 0.866. The number of rotatable bonds is 3. The van der Waals surface area contributed by atoms with Gasteiger partial charge >= 0.3 is 5.97 Å². The van der Waals surface area contributed by atoms with Gasteiger partial charge < -0.3 is 10.2 Å². The van der Waals surface area contributed by atoms with E-state index in [1.807, 2.05) is 0 Å². The van der Waals surface area contributed by atoms with Crippen molar-refractivity contribution < 1.29 is 36.9 Å².